The molecule has 0 bridgehead atoms. The van der Waals surface area contributed by atoms with Crippen LogP contribution in [-0.4, -0.2) is 11.4 Å². The highest BCUT2D eigenvalue weighted by Crippen LogP contribution is 2.25. The van der Waals surface area contributed by atoms with Gasteiger partial charge in [-0.3, -0.25) is 4.99 Å². The molecule has 0 heterocycles. The van der Waals surface area contributed by atoms with Crippen LogP contribution in [0.25, 0.3) is 0 Å². The van der Waals surface area contributed by atoms with Gasteiger partial charge < -0.3 is 0 Å². The first-order chi connectivity index (χ1) is 23.2. The van der Waals surface area contributed by atoms with Crippen molar-refractivity contribution >= 4 is 22.8 Å². The Bertz CT molecular complexity index is 1270. The molecule has 0 radical (unpaired) electrons. The molecule has 47 heavy (non-hydrogen) atoms. The van der Waals surface area contributed by atoms with E-state index in [2.05, 4.69) is 112 Å². The van der Waals surface area contributed by atoms with Crippen LogP contribution in [0.2, 0.25) is 0 Å². The van der Waals surface area contributed by atoms with E-state index in [-0.39, 0.29) is 0 Å². The van der Waals surface area contributed by atoms with Gasteiger partial charge in [-0.25, -0.2) is 4.99 Å². The number of unbranched alkanes of at least 4 members (excludes halogenated alkanes) is 12. The first-order valence-electron chi connectivity index (χ1n) is 19.3. The topological polar surface area (TPSA) is 24.7 Å². The fraction of sp³-hybridized carbons (Fsp3) is 0.556. The fourth-order valence-electron chi connectivity index (χ4n) is 5.72. The monoisotopic (exact) mass is 635 g/mol. The third-order valence-corrected chi connectivity index (χ3v) is 8.56. The average molecular weight is 635 g/mol. The summed E-state index contributed by atoms with van der Waals surface area (Å²) in [4.78, 5) is 10.7. The Balaban J connectivity index is 2.34. The Hall–Kier alpha value is -3.18. The van der Waals surface area contributed by atoms with Gasteiger partial charge in [0.05, 0.1) is 17.1 Å². The van der Waals surface area contributed by atoms with E-state index in [1.54, 1.807) is 0 Å². The number of hydrogen-bond acceptors (Lipinski definition) is 2. The van der Waals surface area contributed by atoms with Crippen LogP contribution in [0.1, 0.15) is 161 Å². The summed E-state index contributed by atoms with van der Waals surface area (Å²) in [5.41, 5.74) is 6.61. The number of nitrogens with zero attached hydrogens (tertiary/aromatic N) is 2. The van der Waals surface area contributed by atoms with Crippen LogP contribution in [0.4, 0.5) is 11.4 Å². The zero-order valence-electron chi connectivity index (χ0n) is 30.7. The van der Waals surface area contributed by atoms with Crippen molar-refractivity contribution in [1.82, 2.24) is 0 Å². The van der Waals surface area contributed by atoms with Crippen molar-refractivity contribution in [1.29, 1.82) is 0 Å². The number of allylic oxidation sites excluding steroid dienone is 4. The van der Waals surface area contributed by atoms with Crippen molar-refractivity contribution in [2.75, 3.05) is 0 Å². The molecule has 0 aromatic heterocycles. The number of hydrogen-bond donors (Lipinski definition) is 0. The molecule has 2 aromatic rings. The molecule has 2 rings (SSSR count). The molecule has 2 aromatic carbocycles. The number of aliphatic imine (C=N–C) groups is 2. The Morgan fingerprint density at radius 1 is 0.553 bits per heavy atom. The maximum atomic E-state index is 5.36. The summed E-state index contributed by atoms with van der Waals surface area (Å²) in [6.07, 6.45) is 33.8. The van der Waals surface area contributed by atoms with E-state index in [0.29, 0.717) is 0 Å². The highest BCUT2D eigenvalue weighted by atomic mass is 14.8. The van der Waals surface area contributed by atoms with E-state index in [4.69, 9.17) is 9.98 Å². The van der Waals surface area contributed by atoms with E-state index in [0.717, 1.165) is 106 Å². The lowest BCUT2D eigenvalue weighted by molar-refractivity contribution is 0.567. The maximum absolute atomic E-state index is 5.36. The molecule has 0 aliphatic heterocycles. The Kier molecular flexibility index (Phi) is 23.7. The normalized spacial score (nSPS) is 12.3. The Morgan fingerprint density at radius 2 is 1.06 bits per heavy atom. The first kappa shape index (κ1) is 40.0. The molecular formula is C45H66N2. The third kappa shape index (κ3) is 18.7. The second kappa shape index (κ2) is 27.9. The van der Waals surface area contributed by atoms with Crippen molar-refractivity contribution in [3.05, 3.63) is 84.0 Å². The van der Waals surface area contributed by atoms with Crippen LogP contribution in [0, 0.1) is 11.8 Å². The van der Waals surface area contributed by atoms with E-state index < -0.39 is 0 Å². The number of aryl methyl sites for hydroxylation is 2. The molecule has 0 fully saturated rings. The summed E-state index contributed by atoms with van der Waals surface area (Å²) in [5, 5.41) is 0. The number of para-hydroxylation sites is 2. The van der Waals surface area contributed by atoms with E-state index in [1.807, 2.05) is 0 Å². The molecule has 0 spiro atoms. The second-order valence-electron chi connectivity index (χ2n) is 12.8. The van der Waals surface area contributed by atoms with Crippen LogP contribution < -0.4 is 0 Å². The molecule has 0 atom stereocenters. The predicted octanol–water partition coefficient (Wildman–Crippen LogP) is 14.2. The lowest BCUT2D eigenvalue weighted by Gasteiger charge is -2.11. The molecule has 0 saturated heterocycles. The lowest BCUT2D eigenvalue weighted by Crippen LogP contribution is -2.13. The maximum Gasteiger partial charge on any atom is 0.135 e. The smallest absolute Gasteiger partial charge is 0.135 e. The Morgan fingerprint density at radius 3 is 1.62 bits per heavy atom. The summed E-state index contributed by atoms with van der Waals surface area (Å²) >= 11 is 0. The highest BCUT2D eigenvalue weighted by molar-refractivity contribution is 6.49. The van der Waals surface area contributed by atoms with Crippen LogP contribution in [0.3, 0.4) is 0 Å². The zero-order valence-corrected chi connectivity index (χ0v) is 30.7. The van der Waals surface area contributed by atoms with Gasteiger partial charge in [-0.15, -0.1) is 0 Å². The summed E-state index contributed by atoms with van der Waals surface area (Å²) in [6.45, 7) is 8.93. The summed E-state index contributed by atoms with van der Waals surface area (Å²) in [7, 11) is 0. The van der Waals surface area contributed by atoms with Gasteiger partial charge in [0.15, 0.2) is 0 Å². The van der Waals surface area contributed by atoms with Crippen LogP contribution in [-0.2, 0) is 12.8 Å². The van der Waals surface area contributed by atoms with Gasteiger partial charge in [0, 0.05) is 6.42 Å². The highest BCUT2D eigenvalue weighted by Gasteiger charge is 2.11. The van der Waals surface area contributed by atoms with Crippen LogP contribution in [0.15, 0.2) is 82.8 Å². The van der Waals surface area contributed by atoms with Crippen LogP contribution >= 0.6 is 0 Å². The van der Waals surface area contributed by atoms with Crippen LogP contribution in [0.5, 0.6) is 0 Å². The molecule has 0 aliphatic rings. The minimum absolute atomic E-state index is 0.855. The minimum atomic E-state index is 0.855. The summed E-state index contributed by atoms with van der Waals surface area (Å²) in [6, 6.07) is 17.3. The molecule has 0 aliphatic carbocycles. The molecule has 256 valence electrons. The first-order valence-corrected chi connectivity index (χ1v) is 19.3. The third-order valence-electron chi connectivity index (χ3n) is 8.56. The number of rotatable bonds is 25. The quantitative estimate of drug-likeness (QED) is 0.0449. The van der Waals surface area contributed by atoms with Gasteiger partial charge >= 0.3 is 0 Å². The van der Waals surface area contributed by atoms with Gasteiger partial charge in [-0.2, -0.15) is 0 Å². The second-order valence-corrected chi connectivity index (χ2v) is 12.8. The van der Waals surface area contributed by atoms with Gasteiger partial charge in [-0.05, 0) is 99.8 Å². The van der Waals surface area contributed by atoms with Crippen molar-refractivity contribution in [3.8, 4) is 11.8 Å². The van der Waals surface area contributed by atoms with Gasteiger partial charge in [0.1, 0.15) is 5.71 Å². The van der Waals surface area contributed by atoms with E-state index >= 15 is 0 Å². The molecule has 2 nitrogen and oxygen atoms in total. The molecule has 0 N–H and O–H groups in total. The van der Waals surface area contributed by atoms with Gasteiger partial charge in [0.2, 0.25) is 0 Å². The number of benzene rings is 2. The largest absolute Gasteiger partial charge is 0.250 e. The average Bonchev–Trinajstić information content (AvgIpc) is 3.09. The molecule has 2 heteroatoms. The molecular weight excluding hydrogens is 569 g/mol. The fourth-order valence-corrected chi connectivity index (χ4v) is 5.72. The predicted molar refractivity (Wildman–Crippen MR) is 211 cm³/mol. The van der Waals surface area contributed by atoms with Crippen molar-refractivity contribution in [2.45, 2.75) is 163 Å². The van der Waals surface area contributed by atoms with Gasteiger partial charge in [-0.1, -0.05) is 152 Å². The standard InChI is InChI=1S/C45H66N2/c1-5-9-13-16-17-18-19-20-21-24-27-39-45(47-43-38-31-29-35-41(43)33-26-23-15-11-7-3)44(36-12-8-4)46-42-37-30-28-34-40(42)32-25-22-14-10-6-2/h10-11,14-15,28-31,34-35,37-38H,5-9,12-13,16-26,32-33,36H2,1-4H3. The molecule has 0 amide bonds. The van der Waals surface area contributed by atoms with Crippen molar-refractivity contribution < 1.29 is 0 Å². The molecule has 0 unspecified atom stereocenters. The summed E-state index contributed by atoms with van der Waals surface area (Å²) in [5.74, 6) is 7.11. The van der Waals surface area contributed by atoms with Gasteiger partial charge in [0.25, 0.3) is 0 Å². The SMILES string of the molecule is CCC=CCCCc1ccccc1N=C(C#CCCCCCCCCCCC)C(CCCC)=Nc1ccccc1CCCC=CCC. The minimum Gasteiger partial charge on any atom is -0.250 e. The lowest BCUT2D eigenvalue weighted by atomic mass is 10.0. The van der Waals surface area contributed by atoms with E-state index in [9.17, 15) is 0 Å². The van der Waals surface area contributed by atoms with Crippen molar-refractivity contribution in [2.24, 2.45) is 9.98 Å². The van der Waals surface area contributed by atoms with E-state index in [1.165, 1.54) is 62.5 Å². The zero-order chi connectivity index (χ0) is 33.6. The summed E-state index contributed by atoms with van der Waals surface area (Å²) < 4.78 is 0. The Labute approximate surface area is 290 Å². The molecule has 0 saturated carbocycles. The van der Waals surface area contributed by atoms with Crippen molar-refractivity contribution in [3.63, 3.8) is 0 Å².